The standard InChI is InChI=1S/C18H20ClNO3Si/c1-22-16-8-6-5-7-13(16)18(23-24(2,3)4)14-11-12(19)9-10-15(14)20-17(18)21/h5-11H,1-4H3,(H,20,21). The Balaban J connectivity index is 2.33. The molecule has 1 N–H and O–H groups in total. The van der Waals surface area contributed by atoms with E-state index in [2.05, 4.69) is 25.0 Å². The van der Waals surface area contributed by atoms with Gasteiger partial charge in [-0.3, -0.25) is 4.79 Å². The number of para-hydroxylation sites is 1. The van der Waals surface area contributed by atoms with E-state index in [0.29, 0.717) is 22.0 Å². The zero-order valence-electron chi connectivity index (χ0n) is 14.1. The molecule has 6 heteroatoms. The van der Waals surface area contributed by atoms with Gasteiger partial charge < -0.3 is 14.5 Å². The summed E-state index contributed by atoms with van der Waals surface area (Å²) in [6.45, 7) is 6.17. The highest BCUT2D eigenvalue weighted by Gasteiger charge is 2.53. The fourth-order valence-corrected chi connectivity index (χ4v) is 4.47. The number of hydrogen-bond acceptors (Lipinski definition) is 3. The van der Waals surface area contributed by atoms with E-state index < -0.39 is 13.9 Å². The molecule has 0 spiro atoms. The fraction of sp³-hybridized carbons (Fsp3) is 0.278. The van der Waals surface area contributed by atoms with Crippen LogP contribution in [0.4, 0.5) is 5.69 Å². The van der Waals surface area contributed by atoms with Crippen molar-refractivity contribution in [3.05, 3.63) is 58.6 Å². The highest BCUT2D eigenvalue weighted by atomic mass is 35.5. The number of nitrogens with one attached hydrogen (secondary N) is 1. The molecule has 126 valence electrons. The lowest BCUT2D eigenvalue weighted by Crippen LogP contribution is -2.46. The van der Waals surface area contributed by atoms with Gasteiger partial charge in [0.2, 0.25) is 0 Å². The largest absolute Gasteiger partial charge is 0.496 e. The van der Waals surface area contributed by atoms with Crippen LogP contribution in [0.15, 0.2) is 42.5 Å². The number of ether oxygens (including phenoxy) is 1. The van der Waals surface area contributed by atoms with Crippen LogP contribution in [0.2, 0.25) is 24.7 Å². The van der Waals surface area contributed by atoms with E-state index in [1.165, 1.54) is 0 Å². The van der Waals surface area contributed by atoms with Crippen LogP contribution in [0.25, 0.3) is 0 Å². The molecule has 0 aliphatic carbocycles. The summed E-state index contributed by atoms with van der Waals surface area (Å²) in [5.74, 6) is 0.394. The lowest BCUT2D eigenvalue weighted by molar-refractivity contribution is -0.128. The van der Waals surface area contributed by atoms with Crippen LogP contribution in [-0.4, -0.2) is 21.3 Å². The number of carbonyl (C=O) groups excluding carboxylic acids is 1. The average molecular weight is 362 g/mol. The van der Waals surface area contributed by atoms with Crippen molar-refractivity contribution in [3.63, 3.8) is 0 Å². The molecule has 0 aromatic heterocycles. The van der Waals surface area contributed by atoms with Gasteiger partial charge in [-0.1, -0.05) is 29.8 Å². The predicted octanol–water partition coefficient (Wildman–Crippen LogP) is 4.40. The molecular formula is C18H20ClNO3Si. The van der Waals surface area contributed by atoms with Crippen molar-refractivity contribution in [2.24, 2.45) is 0 Å². The molecule has 1 atom stereocenters. The van der Waals surface area contributed by atoms with Gasteiger partial charge in [-0.05, 0) is 43.9 Å². The molecule has 2 aromatic rings. The average Bonchev–Trinajstić information content (AvgIpc) is 2.78. The minimum atomic E-state index is -2.10. The van der Waals surface area contributed by atoms with E-state index in [0.717, 1.165) is 5.56 Å². The smallest absolute Gasteiger partial charge is 0.265 e. The zero-order valence-corrected chi connectivity index (χ0v) is 15.9. The van der Waals surface area contributed by atoms with Gasteiger partial charge in [0, 0.05) is 21.8 Å². The third kappa shape index (κ3) is 2.73. The normalized spacial score (nSPS) is 19.8. The summed E-state index contributed by atoms with van der Waals surface area (Å²) in [7, 11) is -0.510. The van der Waals surface area contributed by atoms with Crippen LogP contribution < -0.4 is 10.1 Å². The summed E-state index contributed by atoms with van der Waals surface area (Å²) >= 11 is 6.22. The van der Waals surface area contributed by atoms with E-state index in [9.17, 15) is 4.79 Å². The minimum absolute atomic E-state index is 0.216. The van der Waals surface area contributed by atoms with Crippen LogP contribution in [0, 0.1) is 0 Å². The molecule has 1 unspecified atom stereocenters. The number of hydrogen-bond donors (Lipinski definition) is 1. The van der Waals surface area contributed by atoms with E-state index in [1.54, 1.807) is 25.3 Å². The molecule has 4 nitrogen and oxygen atoms in total. The molecule has 0 bridgehead atoms. The van der Waals surface area contributed by atoms with Crippen LogP contribution >= 0.6 is 11.6 Å². The van der Waals surface area contributed by atoms with E-state index in [-0.39, 0.29) is 5.91 Å². The van der Waals surface area contributed by atoms with Crippen LogP contribution in [0.5, 0.6) is 5.75 Å². The Bertz CT molecular complexity index is 803. The maximum atomic E-state index is 13.1. The maximum Gasteiger partial charge on any atom is 0.265 e. The second-order valence-corrected chi connectivity index (χ2v) is 11.6. The first-order chi connectivity index (χ1) is 11.3. The van der Waals surface area contributed by atoms with Crippen molar-refractivity contribution in [2.45, 2.75) is 25.2 Å². The quantitative estimate of drug-likeness (QED) is 0.821. The molecular weight excluding hydrogens is 342 g/mol. The Labute approximate surface area is 147 Å². The minimum Gasteiger partial charge on any atom is -0.496 e. The number of benzene rings is 2. The van der Waals surface area contributed by atoms with Crippen molar-refractivity contribution < 1.29 is 14.0 Å². The van der Waals surface area contributed by atoms with Gasteiger partial charge in [0.05, 0.1) is 7.11 Å². The topological polar surface area (TPSA) is 47.6 Å². The number of rotatable bonds is 4. The van der Waals surface area contributed by atoms with Gasteiger partial charge >= 0.3 is 0 Å². The fourth-order valence-electron chi connectivity index (χ4n) is 3.07. The summed E-state index contributed by atoms with van der Waals surface area (Å²) in [6, 6.07) is 12.8. The molecule has 24 heavy (non-hydrogen) atoms. The Morgan fingerprint density at radius 2 is 1.79 bits per heavy atom. The van der Waals surface area contributed by atoms with E-state index in [1.807, 2.05) is 24.3 Å². The molecule has 0 saturated carbocycles. The van der Waals surface area contributed by atoms with Crippen LogP contribution in [0.3, 0.4) is 0 Å². The molecule has 0 saturated heterocycles. The molecule has 1 aliphatic rings. The monoisotopic (exact) mass is 361 g/mol. The molecule has 0 radical (unpaired) electrons. The molecule has 2 aromatic carbocycles. The van der Waals surface area contributed by atoms with E-state index in [4.69, 9.17) is 20.8 Å². The summed E-state index contributed by atoms with van der Waals surface area (Å²) in [6.07, 6.45) is 0. The molecule has 1 aliphatic heterocycles. The number of anilines is 1. The van der Waals surface area contributed by atoms with Crippen LogP contribution in [-0.2, 0) is 14.8 Å². The molecule has 1 heterocycles. The summed E-state index contributed by atoms with van der Waals surface area (Å²) < 4.78 is 12.0. The Kier molecular flexibility index (Phi) is 4.19. The Hall–Kier alpha value is -1.82. The number of methoxy groups -OCH3 is 1. The molecule has 3 rings (SSSR count). The first kappa shape index (κ1) is 17.0. The summed E-state index contributed by atoms with van der Waals surface area (Å²) in [5.41, 5.74) is 0.881. The van der Waals surface area contributed by atoms with Crippen LogP contribution in [0.1, 0.15) is 11.1 Å². The Morgan fingerprint density at radius 3 is 2.46 bits per heavy atom. The van der Waals surface area contributed by atoms with Gasteiger partial charge in [-0.25, -0.2) is 0 Å². The number of carbonyl (C=O) groups is 1. The van der Waals surface area contributed by atoms with Gasteiger partial charge in [-0.2, -0.15) is 0 Å². The predicted molar refractivity (Wildman–Crippen MR) is 98.3 cm³/mol. The summed E-state index contributed by atoms with van der Waals surface area (Å²) in [5, 5.41) is 3.49. The first-order valence-electron chi connectivity index (χ1n) is 7.73. The molecule has 0 fully saturated rings. The van der Waals surface area contributed by atoms with Gasteiger partial charge in [0.15, 0.2) is 13.9 Å². The van der Waals surface area contributed by atoms with Crippen molar-refractivity contribution >= 4 is 31.5 Å². The van der Waals surface area contributed by atoms with Crippen molar-refractivity contribution in [3.8, 4) is 5.75 Å². The maximum absolute atomic E-state index is 13.1. The lowest BCUT2D eigenvalue weighted by atomic mass is 9.87. The van der Waals surface area contributed by atoms with Crippen molar-refractivity contribution in [1.82, 2.24) is 0 Å². The second kappa shape index (κ2) is 5.92. The molecule has 1 amide bonds. The number of amides is 1. The third-order valence-electron chi connectivity index (χ3n) is 3.87. The number of fused-ring (bicyclic) bond motifs is 1. The second-order valence-electron chi connectivity index (χ2n) is 6.74. The highest BCUT2D eigenvalue weighted by molar-refractivity contribution is 6.70. The first-order valence-corrected chi connectivity index (χ1v) is 11.5. The number of halogens is 1. The zero-order chi connectivity index (χ0) is 17.5. The SMILES string of the molecule is COc1ccccc1C1(O[Si](C)(C)C)C(=O)Nc2ccc(Cl)cc21. The highest BCUT2D eigenvalue weighted by Crippen LogP contribution is 2.48. The van der Waals surface area contributed by atoms with Gasteiger partial charge in [-0.15, -0.1) is 0 Å². The lowest BCUT2D eigenvalue weighted by Gasteiger charge is -2.35. The summed E-state index contributed by atoms with van der Waals surface area (Å²) in [4.78, 5) is 13.1. The van der Waals surface area contributed by atoms with Crippen molar-refractivity contribution in [2.75, 3.05) is 12.4 Å². The Morgan fingerprint density at radius 1 is 1.08 bits per heavy atom. The van der Waals surface area contributed by atoms with Gasteiger partial charge in [0.25, 0.3) is 5.91 Å². The van der Waals surface area contributed by atoms with Gasteiger partial charge in [0.1, 0.15) is 5.75 Å². The van der Waals surface area contributed by atoms with E-state index >= 15 is 0 Å². The third-order valence-corrected chi connectivity index (χ3v) is 5.03. The van der Waals surface area contributed by atoms with Crippen molar-refractivity contribution in [1.29, 1.82) is 0 Å².